The lowest BCUT2D eigenvalue weighted by atomic mass is 9.81. The van der Waals surface area contributed by atoms with E-state index in [4.69, 9.17) is 0 Å². The molecule has 2 atom stereocenters. The molecule has 0 heterocycles. The molecule has 0 aromatic carbocycles. The van der Waals surface area contributed by atoms with Crippen molar-refractivity contribution in [2.45, 2.75) is 85.7 Å². The molecule has 0 aromatic rings. The van der Waals surface area contributed by atoms with Crippen LogP contribution in [0, 0.1) is 22.7 Å². The van der Waals surface area contributed by atoms with Crippen molar-refractivity contribution >= 4 is 0 Å². The van der Waals surface area contributed by atoms with Gasteiger partial charge in [-0.1, -0.05) is 54.4 Å². The minimum absolute atomic E-state index is 0.484. The summed E-state index contributed by atoms with van der Waals surface area (Å²) >= 11 is 0. The van der Waals surface area contributed by atoms with Gasteiger partial charge in [-0.3, -0.25) is 0 Å². The molecule has 2 aliphatic rings. The Morgan fingerprint density at radius 1 is 1.06 bits per heavy atom. The second kappa shape index (κ2) is 4.81. The first-order valence-electron chi connectivity index (χ1n) is 8.01. The topological polar surface area (TPSA) is 12.0 Å². The van der Waals surface area contributed by atoms with Gasteiger partial charge in [0.1, 0.15) is 0 Å². The summed E-state index contributed by atoms with van der Waals surface area (Å²) in [5.74, 6) is 1.84. The maximum Gasteiger partial charge on any atom is 0.0183 e. The zero-order valence-electron chi connectivity index (χ0n) is 13.3. The monoisotopic (exact) mass is 251 g/mol. The van der Waals surface area contributed by atoms with Crippen molar-refractivity contribution in [2.75, 3.05) is 0 Å². The molecule has 2 rings (SSSR count). The molecule has 0 spiro atoms. The highest BCUT2D eigenvalue weighted by atomic mass is 15.1. The Kier molecular flexibility index (Phi) is 3.84. The first-order valence-corrected chi connectivity index (χ1v) is 8.01. The molecule has 2 aliphatic carbocycles. The number of hydrogen-bond acceptors (Lipinski definition) is 1. The number of rotatable bonds is 4. The van der Waals surface area contributed by atoms with Gasteiger partial charge in [0.2, 0.25) is 0 Å². The average Bonchev–Trinajstić information content (AvgIpc) is 2.60. The van der Waals surface area contributed by atoms with Crippen molar-refractivity contribution in [3.05, 3.63) is 0 Å². The molecule has 0 aliphatic heterocycles. The minimum Gasteiger partial charge on any atom is -0.310 e. The first kappa shape index (κ1) is 14.4. The van der Waals surface area contributed by atoms with Gasteiger partial charge in [-0.05, 0) is 41.9 Å². The van der Waals surface area contributed by atoms with Gasteiger partial charge in [-0.15, -0.1) is 0 Å². The fourth-order valence-electron chi connectivity index (χ4n) is 4.17. The Labute approximate surface area is 114 Å². The van der Waals surface area contributed by atoms with Crippen LogP contribution in [0.2, 0.25) is 0 Å². The molecular formula is C17H33N. The lowest BCUT2D eigenvalue weighted by Crippen LogP contribution is -2.38. The molecule has 2 saturated carbocycles. The van der Waals surface area contributed by atoms with E-state index in [1.807, 2.05) is 0 Å². The van der Waals surface area contributed by atoms with Crippen LogP contribution in [-0.4, -0.2) is 12.1 Å². The highest BCUT2D eigenvalue weighted by molar-refractivity contribution is 5.18. The van der Waals surface area contributed by atoms with Crippen molar-refractivity contribution in [3.8, 4) is 0 Å². The molecule has 2 unspecified atom stereocenters. The van der Waals surface area contributed by atoms with E-state index in [1.165, 1.54) is 32.1 Å². The smallest absolute Gasteiger partial charge is 0.0183 e. The number of hydrogen-bond donors (Lipinski definition) is 1. The van der Waals surface area contributed by atoms with Gasteiger partial charge in [0.15, 0.2) is 0 Å². The highest BCUT2D eigenvalue weighted by Crippen LogP contribution is 2.63. The Bertz CT molecular complexity index is 276. The zero-order chi connectivity index (χ0) is 13.6. The number of nitrogens with one attached hydrogen (secondary N) is 1. The van der Waals surface area contributed by atoms with Gasteiger partial charge in [-0.2, -0.15) is 0 Å². The molecule has 0 aromatic heterocycles. The molecule has 106 valence electrons. The maximum absolute atomic E-state index is 3.98. The van der Waals surface area contributed by atoms with Crippen LogP contribution in [0.5, 0.6) is 0 Å². The molecule has 0 amide bonds. The molecule has 0 bridgehead atoms. The Balaban J connectivity index is 1.84. The van der Waals surface area contributed by atoms with Crippen LogP contribution in [0.25, 0.3) is 0 Å². The Morgan fingerprint density at radius 3 is 2.17 bits per heavy atom. The van der Waals surface area contributed by atoms with Gasteiger partial charge in [0.25, 0.3) is 0 Å². The van der Waals surface area contributed by atoms with Gasteiger partial charge >= 0.3 is 0 Å². The molecule has 1 heteroatoms. The van der Waals surface area contributed by atoms with Crippen LogP contribution in [-0.2, 0) is 0 Å². The van der Waals surface area contributed by atoms with E-state index < -0.39 is 0 Å². The predicted molar refractivity (Wildman–Crippen MR) is 79.7 cm³/mol. The summed E-state index contributed by atoms with van der Waals surface area (Å²) in [7, 11) is 0. The highest BCUT2D eigenvalue weighted by Gasteiger charge is 2.64. The Hall–Kier alpha value is -0.0400. The summed E-state index contributed by atoms with van der Waals surface area (Å²) in [6, 6.07) is 1.52. The van der Waals surface area contributed by atoms with Crippen LogP contribution < -0.4 is 5.32 Å². The lowest BCUT2D eigenvalue weighted by Gasteiger charge is -2.31. The van der Waals surface area contributed by atoms with Crippen LogP contribution >= 0.6 is 0 Å². The summed E-state index contributed by atoms with van der Waals surface area (Å²) in [4.78, 5) is 0. The van der Waals surface area contributed by atoms with Gasteiger partial charge in [0.05, 0.1) is 0 Å². The van der Waals surface area contributed by atoms with E-state index >= 15 is 0 Å². The van der Waals surface area contributed by atoms with Crippen LogP contribution in [0.1, 0.15) is 73.6 Å². The fourth-order valence-corrected chi connectivity index (χ4v) is 4.17. The van der Waals surface area contributed by atoms with Crippen molar-refractivity contribution in [1.82, 2.24) is 5.32 Å². The second-order valence-electron chi connectivity index (χ2n) is 8.40. The molecule has 0 radical (unpaired) electrons. The minimum atomic E-state index is 0.484. The Morgan fingerprint density at radius 2 is 1.67 bits per heavy atom. The van der Waals surface area contributed by atoms with Crippen LogP contribution in [0.15, 0.2) is 0 Å². The quantitative estimate of drug-likeness (QED) is 0.769. The second-order valence-corrected chi connectivity index (χ2v) is 8.40. The zero-order valence-corrected chi connectivity index (χ0v) is 13.3. The average molecular weight is 251 g/mol. The van der Waals surface area contributed by atoms with Gasteiger partial charge in [0, 0.05) is 12.1 Å². The third-order valence-electron chi connectivity index (χ3n) is 6.01. The lowest BCUT2D eigenvalue weighted by molar-refractivity contribution is 0.245. The van der Waals surface area contributed by atoms with Crippen LogP contribution in [0.3, 0.4) is 0 Å². The van der Waals surface area contributed by atoms with E-state index in [9.17, 15) is 0 Å². The molecule has 0 saturated heterocycles. The maximum atomic E-state index is 3.98. The summed E-state index contributed by atoms with van der Waals surface area (Å²) in [5.41, 5.74) is 0.968. The van der Waals surface area contributed by atoms with E-state index in [2.05, 4.69) is 46.9 Å². The van der Waals surface area contributed by atoms with Crippen molar-refractivity contribution < 1.29 is 0 Å². The summed E-state index contributed by atoms with van der Waals surface area (Å²) in [6.45, 7) is 14.4. The van der Waals surface area contributed by atoms with Crippen molar-refractivity contribution in [1.29, 1.82) is 0 Å². The van der Waals surface area contributed by atoms with Crippen molar-refractivity contribution in [2.24, 2.45) is 22.7 Å². The summed E-state index contributed by atoms with van der Waals surface area (Å²) in [6.07, 6.45) is 7.14. The van der Waals surface area contributed by atoms with Gasteiger partial charge in [-0.25, -0.2) is 0 Å². The van der Waals surface area contributed by atoms with Crippen molar-refractivity contribution in [3.63, 3.8) is 0 Å². The summed E-state index contributed by atoms with van der Waals surface area (Å²) < 4.78 is 0. The fraction of sp³-hybridized carbons (Fsp3) is 1.00. The predicted octanol–water partition coefficient (Wildman–Crippen LogP) is 4.62. The van der Waals surface area contributed by atoms with Gasteiger partial charge < -0.3 is 5.32 Å². The summed E-state index contributed by atoms with van der Waals surface area (Å²) in [5, 5.41) is 3.98. The standard InChI is InChI=1S/C17H33N/c1-12(2)10-13-8-7-9-14(11-13)18-15-16(3,4)17(15,5)6/h12-15,18H,7-11H2,1-6H3. The van der Waals surface area contributed by atoms with Crippen LogP contribution in [0.4, 0.5) is 0 Å². The largest absolute Gasteiger partial charge is 0.310 e. The van der Waals surface area contributed by atoms with E-state index in [0.717, 1.165) is 23.9 Å². The molecule has 2 fully saturated rings. The molecule has 1 N–H and O–H groups in total. The third kappa shape index (κ3) is 2.61. The first-order chi connectivity index (χ1) is 8.25. The third-order valence-corrected chi connectivity index (χ3v) is 6.01. The normalized spacial score (nSPS) is 34.8. The molecular weight excluding hydrogens is 218 g/mol. The van der Waals surface area contributed by atoms with E-state index in [0.29, 0.717) is 10.8 Å². The van der Waals surface area contributed by atoms with E-state index in [1.54, 1.807) is 0 Å². The SMILES string of the molecule is CC(C)CC1CCCC(NC2C(C)(C)C2(C)C)C1. The van der Waals surface area contributed by atoms with E-state index in [-0.39, 0.29) is 0 Å². The molecule has 1 nitrogen and oxygen atoms in total. The molecule has 18 heavy (non-hydrogen) atoms.